The summed E-state index contributed by atoms with van der Waals surface area (Å²) < 4.78 is 29.2. The Kier molecular flexibility index (Phi) is 4.64. The zero-order chi connectivity index (χ0) is 20.1. The first kappa shape index (κ1) is 19.2. The summed E-state index contributed by atoms with van der Waals surface area (Å²) >= 11 is 6.14. The summed E-state index contributed by atoms with van der Waals surface area (Å²) in [5.41, 5.74) is 9.17. The molecule has 148 valence electrons. The highest BCUT2D eigenvalue weighted by Crippen LogP contribution is 2.50. The van der Waals surface area contributed by atoms with Crippen molar-refractivity contribution in [3.8, 4) is 5.88 Å². The van der Waals surface area contributed by atoms with Gasteiger partial charge in [0.15, 0.2) is 9.84 Å². The molecule has 0 spiro atoms. The van der Waals surface area contributed by atoms with E-state index in [1.807, 2.05) is 6.92 Å². The van der Waals surface area contributed by atoms with E-state index in [0.717, 1.165) is 23.8 Å². The summed E-state index contributed by atoms with van der Waals surface area (Å²) in [6.45, 7) is 1.92. The monoisotopic (exact) mass is 421 g/mol. The second-order valence-corrected chi connectivity index (χ2v) is 10.5. The minimum atomic E-state index is -3.05. The molecule has 0 amide bonds. The SMILES string of the molecule is C[C@@](N=[N+]=[N-])(c1cnc(O[C@H]2C[C@@H](S(C)(=O)=O)C2)c2cnc(Cl)cc12)C1CC1. The van der Waals surface area contributed by atoms with Crippen LogP contribution >= 0.6 is 11.6 Å². The molecule has 2 aliphatic rings. The molecular formula is C18H20ClN5O3S. The molecule has 28 heavy (non-hydrogen) atoms. The van der Waals surface area contributed by atoms with Gasteiger partial charge in [0.1, 0.15) is 11.3 Å². The Bertz CT molecular complexity index is 1090. The Morgan fingerprint density at radius 3 is 2.61 bits per heavy atom. The first-order chi connectivity index (χ1) is 13.2. The highest BCUT2D eigenvalue weighted by molar-refractivity contribution is 7.91. The zero-order valence-corrected chi connectivity index (χ0v) is 17.1. The van der Waals surface area contributed by atoms with E-state index in [-0.39, 0.29) is 17.3 Å². The van der Waals surface area contributed by atoms with Crippen LogP contribution in [0.3, 0.4) is 0 Å². The van der Waals surface area contributed by atoms with Crippen LogP contribution in [0.1, 0.15) is 38.2 Å². The second kappa shape index (κ2) is 6.76. The molecule has 4 rings (SSSR count). The molecule has 2 fully saturated rings. The fraction of sp³-hybridized carbons (Fsp3) is 0.556. The molecular weight excluding hydrogens is 402 g/mol. The Labute approximate surface area is 167 Å². The lowest BCUT2D eigenvalue weighted by molar-refractivity contribution is 0.119. The van der Waals surface area contributed by atoms with Crippen LogP contribution in [0.2, 0.25) is 5.15 Å². The maximum atomic E-state index is 11.6. The van der Waals surface area contributed by atoms with Gasteiger partial charge in [-0.25, -0.2) is 18.4 Å². The van der Waals surface area contributed by atoms with Crippen LogP contribution in [-0.4, -0.2) is 36.0 Å². The first-order valence-electron chi connectivity index (χ1n) is 9.09. The molecule has 0 radical (unpaired) electrons. The van der Waals surface area contributed by atoms with E-state index in [9.17, 15) is 8.42 Å². The molecule has 0 bridgehead atoms. The number of hydrogen-bond acceptors (Lipinski definition) is 6. The van der Waals surface area contributed by atoms with E-state index in [1.54, 1.807) is 18.5 Å². The van der Waals surface area contributed by atoms with E-state index in [4.69, 9.17) is 21.9 Å². The molecule has 10 heteroatoms. The van der Waals surface area contributed by atoms with Crippen molar-refractivity contribution in [2.45, 2.75) is 49.5 Å². The summed E-state index contributed by atoms with van der Waals surface area (Å²) in [7, 11) is -3.05. The molecule has 1 atom stereocenters. The standard InChI is InChI=1S/C18H20ClN5O3S/c1-18(23-24-20,10-3-4-10)15-9-22-17(14-8-21-16(19)7-13(14)15)27-11-5-12(6-11)28(2,25)26/h7-12H,3-6H2,1-2H3/t11-,12+,18-/m0/s1. The van der Waals surface area contributed by atoms with Gasteiger partial charge in [0.25, 0.3) is 0 Å². The van der Waals surface area contributed by atoms with Crippen molar-refractivity contribution < 1.29 is 13.2 Å². The lowest BCUT2D eigenvalue weighted by Gasteiger charge is -2.34. The summed E-state index contributed by atoms with van der Waals surface area (Å²) in [5, 5.41) is 5.51. The van der Waals surface area contributed by atoms with Crippen molar-refractivity contribution in [3.05, 3.63) is 39.6 Å². The Balaban J connectivity index is 1.72. The number of fused-ring (bicyclic) bond motifs is 1. The average Bonchev–Trinajstić information content (AvgIpc) is 3.41. The van der Waals surface area contributed by atoms with Crippen LogP contribution < -0.4 is 4.74 Å². The molecule has 8 nitrogen and oxygen atoms in total. The third kappa shape index (κ3) is 3.38. The normalized spacial score (nSPS) is 24.1. The Morgan fingerprint density at radius 1 is 1.29 bits per heavy atom. The molecule has 0 N–H and O–H groups in total. The summed E-state index contributed by atoms with van der Waals surface area (Å²) in [5.74, 6) is 0.646. The van der Waals surface area contributed by atoms with Crippen LogP contribution in [0.4, 0.5) is 0 Å². The Morgan fingerprint density at radius 2 is 2.00 bits per heavy atom. The van der Waals surface area contributed by atoms with Gasteiger partial charge in [-0.3, -0.25) is 0 Å². The number of rotatable bonds is 6. The van der Waals surface area contributed by atoms with Crippen molar-refractivity contribution >= 4 is 32.2 Å². The molecule has 0 aromatic carbocycles. The number of pyridine rings is 2. The van der Waals surface area contributed by atoms with E-state index in [0.29, 0.717) is 29.3 Å². The largest absolute Gasteiger partial charge is 0.474 e. The minimum Gasteiger partial charge on any atom is -0.474 e. The molecule has 0 saturated heterocycles. The minimum absolute atomic E-state index is 0.205. The van der Waals surface area contributed by atoms with E-state index in [2.05, 4.69) is 20.0 Å². The number of ether oxygens (including phenoxy) is 1. The fourth-order valence-corrected chi connectivity index (χ4v) is 5.08. The van der Waals surface area contributed by atoms with Crippen molar-refractivity contribution in [1.82, 2.24) is 9.97 Å². The highest BCUT2D eigenvalue weighted by atomic mass is 35.5. The van der Waals surface area contributed by atoms with E-state index >= 15 is 0 Å². The van der Waals surface area contributed by atoms with Crippen molar-refractivity contribution in [1.29, 1.82) is 0 Å². The van der Waals surface area contributed by atoms with Gasteiger partial charge in [-0.2, -0.15) is 0 Å². The molecule has 2 aliphatic carbocycles. The van der Waals surface area contributed by atoms with Gasteiger partial charge in [0.2, 0.25) is 5.88 Å². The lowest BCUT2D eigenvalue weighted by atomic mass is 9.86. The van der Waals surface area contributed by atoms with Gasteiger partial charge in [-0.15, -0.1) is 0 Å². The number of sulfone groups is 1. The van der Waals surface area contributed by atoms with Gasteiger partial charge >= 0.3 is 0 Å². The summed E-state index contributed by atoms with van der Waals surface area (Å²) in [6.07, 6.45) is 7.19. The summed E-state index contributed by atoms with van der Waals surface area (Å²) in [4.78, 5) is 11.7. The van der Waals surface area contributed by atoms with Gasteiger partial charge in [0.05, 0.1) is 16.2 Å². The number of aromatic nitrogens is 2. The lowest BCUT2D eigenvalue weighted by Crippen LogP contribution is -2.42. The van der Waals surface area contributed by atoms with Crippen molar-refractivity contribution in [2.75, 3.05) is 6.26 Å². The molecule has 2 aromatic rings. The third-order valence-electron chi connectivity index (χ3n) is 5.81. The number of nitrogens with zero attached hydrogens (tertiary/aromatic N) is 5. The molecule has 2 saturated carbocycles. The van der Waals surface area contributed by atoms with Crippen molar-refractivity contribution in [2.24, 2.45) is 11.0 Å². The maximum absolute atomic E-state index is 11.6. The third-order valence-corrected chi connectivity index (χ3v) is 7.61. The second-order valence-electron chi connectivity index (χ2n) is 7.80. The Hall–Kier alpha value is -2.09. The van der Waals surface area contributed by atoms with Crippen LogP contribution in [0, 0.1) is 5.92 Å². The predicted octanol–water partition coefficient (Wildman–Crippen LogP) is 4.17. The number of azide groups is 1. The van der Waals surface area contributed by atoms with E-state index < -0.39 is 15.4 Å². The van der Waals surface area contributed by atoms with Crippen molar-refractivity contribution in [3.63, 3.8) is 0 Å². The predicted molar refractivity (Wildman–Crippen MR) is 106 cm³/mol. The zero-order valence-electron chi connectivity index (χ0n) is 15.5. The topological polar surface area (TPSA) is 118 Å². The molecule has 0 unspecified atom stereocenters. The smallest absolute Gasteiger partial charge is 0.223 e. The van der Waals surface area contributed by atoms with Gasteiger partial charge in [-0.05, 0) is 48.2 Å². The van der Waals surface area contributed by atoms with Gasteiger partial charge in [-0.1, -0.05) is 16.7 Å². The fourth-order valence-electron chi connectivity index (χ4n) is 3.80. The highest BCUT2D eigenvalue weighted by Gasteiger charge is 2.44. The van der Waals surface area contributed by atoms with Gasteiger partial charge in [0, 0.05) is 36.4 Å². The molecule has 2 heterocycles. The summed E-state index contributed by atoms with van der Waals surface area (Å²) in [6, 6.07) is 1.73. The first-order valence-corrected chi connectivity index (χ1v) is 11.4. The van der Waals surface area contributed by atoms with Crippen LogP contribution in [0.5, 0.6) is 5.88 Å². The van der Waals surface area contributed by atoms with Crippen LogP contribution in [0.25, 0.3) is 21.2 Å². The maximum Gasteiger partial charge on any atom is 0.223 e. The average molecular weight is 422 g/mol. The van der Waals surface area contributed by atoms with Crippen LogP contribution in [0.15, 0.2) is 23.6 Å². The van der Waals surface area contributed by atoms with Crippen LogP contribution in [-0.2, 0) is 15.4 Å². The van der Waals surface area contributed by atoms with Gasteiger partial charge < -0.3 is 4.74 Å². The number of hydrogen-bond donors (Lipinski definition) is 0. The molecule has 0 aliphatic heterocycles. The number of halogens is 1. The quantitative estimate of drug-likeness (QED) is 0.300. The molecule has 2 aromatic heterocycles. The van der Waals surface area contributed by atoms with E-state index in [1.165, 1.54) is 6.26 Å².